The van der Waals surface area contributed by atoms with Crippen LogP contribution in [0, 0.1) is 0 Å². The number of thiazole rings is 1. The zero-order valence-electron chi connectivity index (χ0n) is 12.8. The molecule has 1 aliphatic rings. The molecule has 1 aromatic carbocycles. The van der Waals surface area contributed by atoms with E-state index in [1.165, 1.54) is 5.56 Å². The zero-order chi connectivity index (χ0) is 15.4. The van der Waals surface area contributed by atoms with E-state index in [9.17, 15) is 4.79 Å². The van der Waals surface area contributed by atoms with Gasteiger partial charge in [-0.05, 0) is 18.4 Å². The quantitative estimate of drug-likeness (QED) is 0.920. The van der Waals surface area contributed by atoms with Crippen LogP contribution in [-0.2, 0) is 24.2 Å². The predicted octanol–water partition coefficient (Wildman–Crippen LogP) is 2.25. The number of rotatable bonds is 5. The summed E-state index contributed by atoms with van der Waals surface area (Å²) >= 11 is 1.70. The van der Waals surface area contributed by atoms with Gasteiger partial charge in [0.15, 0.2) is 0 Å². The number of aryl methyl sites for hydroxylation is 1. The van der Waals surface area contributed by atoms with Crippen molar-refractivity contribution in [1.82, 2.24) is 15.2 Å². The summed E-state index contributed by atoms with van der Waals surface area (Å²) in [7, 11) is 0. The van der Waals surface area contributed by atoms with E-state index < -0.39 is 0 Å². The van der Waals surface area contributed by atoms with Crippen LogP contribution in [0.15, 0.2) is 35.7 Å². The summed E-state index contributed by atoms with van der Waals surface area (Å²) in [5, 5.41) is 6.37. The largest absolute Gasteiger partial charge is 0.351 e. The maximum atomic E-state index is 12.0. The summed E-state index contributed by atoms with van der Waals surface area (Å²) in [5.74, 6) is 0.109. The highest BCUT2D eigenvalue weighted by atomic mass is 32.1. The lowest BCUT2D eigenvalue weighted by molar-refractivity contribution is -0.125. The number of nitrogens with zero attached hydrogens (tertiary/aromatic N) is 2. The normalized spacial score (nSPS) is 19.1. The molecule has 1 aliphatic heterocycles. The van der Waals surface area contributed by atoms with Gasteiger partial charge in [-0.2, -0.15) is 0 Å². The lowest BCUT2D eigenvalue weighted by atomic mass is 10.0. The van der Waals surface area contributed by atoms with Gasteiger partial charge in [-0.3, -0.25) is 9.69 Å². The number of piperazine rings is 1. The van der Waals surface area contributed by atoms with E-state index in [-0.39, 0.29) is 11.9 Å². The van der Waals surface area contributed by atoms with Crippen molar-refractivity contribution >= 4 is 17.2 Å². The first kappa shape index (κ1) is 15.2. The molecule has 0 unspecified atom stereocenters. The van der Waals surface area contributed by atoms with Gasteiger partial charge in [0, 0.05) is 24.5 Å². The van der Waals surface area contributed by atoms with Crippen molar-refractivity contribution in [3.8, 4) is 0 Å². The molecule has 0 bridgehead atoms. The van der Waals surface area contributed by atoms with Crippen LogP contribution in [0.5, 0.6) is 0 Å². The molecule has 0 saturated carbocycles. The van der Waals surface area contributed by atoms with E-state index in [4.69, 9.17) is 0 Å². The molecule has 22 heavy (non-hydrogen) atoms. The lowest BCUT2D eigenvalue weighted by Gasteiger charge is -2.32. The smallest absolute Gasteiger partial charge is 0.234 e. The third-order valence-electron chi connectivity index (χ3n) is 3.82. The van der Waals surface area contributed by atoms with Crippen molar-refractivity contribution < 1.29 is 4.79 Å². The van der Waals surface area contributed by atoms with E-state index in [0.717, 1.165) is 36.6 Å². The average molecular weight is 315 g/mol. The highest BCUT2D eigenvalue weighted by Crippen LogP contribution is 2.14. The van der Waals surface area contributed by atoms with Crippen LogP contribution in [0.1, 0.15) is 23.2 Å². The third kappa shape index (κ3) is 3.93. The molecule has 1 atom stereocenters. The van der Waals surface area contributed by atoms with Crippen LogP contribution >= 0.6 is 11.3 Å². The minimum atomic E-state index is 0.109. The highest BCUT2D eigenvalue weighted by molar-refractivity contribution is 7.09. The van der Waals surface area contributed by atoms with Crippen molar-refractivity contribution in [2.24, 2.45) is 0 Å². The van der Waals surface area contributed by atoms with Crippen molar-refractivity contribution in [2.75, 3.05) is 13.1 Å². The fourth-order valence-corrected chi connectivity index (χ4v) is 3.58. The van der Waals surface area contributed by atoms with Crippen LogP contribution in [-0.4, -0.2) is 34.9 Å². The Hall–Kier alpha value is -1.72. The fourth-order valence-electron chi connectivity index (χ4n) is 2.85. The monoisotopic (exact) mass is 315 g/mol. The SMILES string of the molecule is CCc1nc(CN2CC(=O)N[C@@H](Cc3ccccc3)C2)cs1. The van der Waals surface area contributed by atoms with E-state index >= 15 is 0 Å². The predicted molar refractivity (Wildman–Crippen MR) is 88.8 cm³/mol. The number of benzene rings is 1. The number of carbonyl (C=O) groups excluding carboxylic acids is 1. The Balaban J connectivity index is 1.62. The molecule has 1 fully saturated rings. The van der Waals surface area contributed by atoms with Gasteiger partial charge in [0.25, 0.3) is 0 Å². The van der Waals surface area contributed by atoms with Crippen molar-refractivity contribution in [2.45, 2.75) is 32.4 Å². The van der Waals surface area contributed by atoms with Crippen LogP contribution in [0.25, 0.3) is 0 Å². The first-order valence-electron chi connectivity index (χ1n) is 7.72. The number of aromatic nitrogens is 1. The lowest BCUT2D eigenvalue weighted by Crippen LogP contribution is -2.54. The molecule has 1 N–H and O–H groups in total. The Morgan fingerprint density at radius 2 is 2.18 bits per heavy atom. The molecule has 116 valence electrons. The molecule has 5 heteroatoms. The summed E-state index contributed by atoms with van der Waals surface area (Å²) in [5.41, 5.74) is 2.34. The van der Waals surface area contributed by atoms with E-state index in [1.54, 1.807) is 11.3 Å². The number of hydrogen-bond donors (Lipinski definition) is 1. The summed E-state index contributed by atoms with van der Waals surface area (Å²) in [6, 6.07) is 10.5. The summed E-state index contributed by atoms with van der Waals surface area (Å²) in [6.07, 6.45) is 1.85. The molecule has 3 rings (SSSR count). The number of nitrogens with one attached hydrogen (secondary N) is 1. The third-order valence-corrected chi connectivity index (χ3v) is 4.87. The number of carbonyl (C=O) groups is 1. The van der Waals surface area contributed by atoms with Crippen molar-refractivity contribution in [3.05, 3.63) is 52.0 Å². The topological polar surface area (TPSA) is 45.2 Å². The number of hydrogen-bond acceptors (Lipinski definition) is 4. The molecular formula is C17H21N3OS. The molecule has 1 amide bonds. The van der Waals surface area contributed by atoms with E-state index in [0.29, 0.717) is 6.54 Å². The van der Waals surface area contributed by atoms with E-state index in [1.807, 2.05) is 18.2 Å². The molecule has 0 radical (unpaired) electrons. The van der Waals surface area contributed by atoms with E-state index in [2.05, 4.69) is 39.6 Å². The summed E-state index contributed by atoms with van der Waals surface area (Å²) in [4.78, 5) is 18.8. The summed E-state index contributed by atoms with van der Waals surface area (Å²) < 4.78 is 0. The van der Waals surface area contributed by atoms with Crippen molar-refractivity contribution in [1.29, 1.82) is 0 Å². The molecular weight excluding hydrogens is 294 g/mol. The van der Waals surface area contributed by atoms with Gasteiger partial charge in [-0.15, -0.1) is 11.3 Å². The second-order valence-corrected chi connectivity index (χ2v) is 6.65. The van der Waals surface area contributed by atoms with Crippen molar-refractivity contribution in [3.63, 3.8) is 0 Å². The van der Waals surface area contributed by atoms with Gasteiger partial charge >= 0.3 is 0 Å². The standard InChI is InChI=1S/C17H21N3OS/c1-2-17-19-15(12-22-17)10-20-9-14(18-16(21)11-20)8-13-6-4-3-5-7-13/h3-7,12,14H,2,8-11H2,1H3,(H,18,21)/t14-/m0/s1. The molecule has 1 aromatic heterocycles. The fraction of sp³-hybridized carbons (Fsp3) is 0.412. The van der Waals surface area contributed by atoms with Crippen LogP contribution < -0.4 is 5.32 Å². The van der Waals surface area contributed by atoms with Gasteiger partial charge in [0.2, 0.25) is 5.91 Å². The Labute approximate surface area is 135 Å². The number of amides is 1. The Morgan fingerprint density at radius 3 is 2.91 bits per heavy atom. The summed E-state index contributed by atoms with van der Waals surface area (Å²) in [6.45, 7) is 4.21. The first-order valence-corrected chi connectivity index (χ1v) is 8.60. The molecule has 4 nitrogen and oxygen atoms in total. The first-order chi connectivity index (χ1) is 10.7. The zero-order valence-corrected chi connectivity index (χ0v) is 13.6. The van der Waals surface area contributed by atoms with Gasteiger partial charge in [-0.1, -0.05) is 37.3 Å². The second-order valence-electron chi connectivity index (χ2n) is 5.71. The van der Waals surface area contributed by atoms with Crippen LogP contribution in [0.4, 0.5) is 0 Å². The van der Waals surface area contributed by atoms with Crippen LogP contribution in [0.3, 0.4) is 0 Å². The molecule has 2 heterocycles. The molecule has 0 spiro atoms. The van der Waals surface area contributed by atoms with Gasteiger partial charge in [-0.25, -0.2) is 4.98 Å². The minimum Gasteiger partial charge on any atom is -0.351 e. The maximum Gasteiger partial charge on any atom is 0.234 e. The Morgan fingerprint density at radius 1 is 1.36 bits per heavy atom. The second kappa shape index (κ2) is 7.03. The minimum absolute atomic E-state index is 0.109. The van der Waals surface area contributed by atoms with Gasteiger partial charge in [0.05, 0.1) is 17.2 Å². The average Bonchev–Trinajstić information content (AvgIpc) is 2.95. The van der Waals surface area contributed by atoms with Crippen LogP contribution in [0.2, 0.25) is 0 Å². The van der Waals surface area contributed by atoms with Gasteiger partial charge < -0.3 is 5.32 Å². The molecule has 0 aliphatic carbocycles. The maximum absolute atomic E-state index is 12.0. The Bertz CT molecular complexity index is 626. The molecule has 1 saturated heterocycles. The Kier molecular flexibility index (Phi) is 4.85. The highest BCUT2D eigenvalue weighted by Gasteiger charge is 2.25. The van der Waals surface area contributed by atoms with Gasteiger partial charge in [0.1, 0.15) is 0 Å². The molecule has 2 aromatic rings.